The molecule has 0 bridgehead atoms. The Bertz CT molecular complexity index is 810. The highest BCUT2D eigenvalue weighted by molar-refractivity contribution is 8.13. The topological polar surface area (TPSA) is 68.3 Å². The van der Waals surface area contributed by atoms with Gasteiger partial charge in [-0.05, 0) is 31.0 Å². The minimum atomic E-state index is -5.03. The van der Waals surface area contributed by atoms with E-state index in [1.807, 2.05) is 13.8 Å². The highest BCUT2D eigenvalue weighted by Crippen LogP contribution is 2.38. The number of hydrogen-bond acceptors (Lipinski definition) is 4. The van der Waals surface area contributed by atoms with E-state index >= 15 is 0 Å². The minimum Gasteiger partial charge on any atom is -0.223 e. The van der Waals surface area contributed by atoms with Gasteiger partial charge in [-0.2, -0.15) is 13.2 Å². The molecule has 10 heteroatoms. The van der Waals surface area contributed by atoms with Crippen molar-refractivity contribution < 1.29 is 30.0 Å². The zero-order chi connectivity index (χ0) is 20.2. The van der Waals surface area contributed by atoms with Crippen LogP contribution in [-0.4, -0.2) is 22.1 Å². The summed E-state index contributed by atoms with van der Waals surface area (Å²) in [6.45, 7) is 3.73. The SMILES string of the molecule is CCCCC(CCCC)S(=O)(=O)c1ccc(S(=O)(=O)Cl)cc1C(F)(F)F. The fourth-order valence-corrected chi connectivity index (χ4v) is 5.46. The van der Waals surface area contributed by atoms with Crippen molar-refractivity contribution in [2.45, 2.75) is 73.6 Å². The van der Waals surface area contributed by atoms with E-state index in [0.29, 0.717) is 31.7 Å². The molecule has 0 heterocycles. The summed E-state index contributed by atoms with van der Waals surface area (Å²) in [5.74, 6) is 0. The molecule has 1 rings (SSSR count). The summed E-state index contributed by atoms with van der Waals surface area (Å²) < 4.78 is 88.7. The van der Waals surface area contributed by atoms with Gasteiger partial charge in [0.2, 0.25) is 0 Å². The van der Waals surface area contributed by atoms with Crippen LogP contribution in [0.5, 0.6) is 0 Å². The minimum absolute atomic E-state index is 0.256. The van der Waals surface area contributed by atoms with E-state index in [-0.39, 0.29) is 18.9 Å². The number of hydrogen-bond donors (Lipinski definition) is 0. The summed E-state index contributed by atoms with van der Waals surface area (Å²) in [5.41, 5.74) is -1.50. The maximum absolute atomic E-state index is 13.4. The summed E-state index contributed by atoms with van der Waals surface area (Å²) in [4.78, 5) is -1.68. The molecule has 0 N–H and O–H groups in total. The van der Waals surface area contributed by atoms with Crippen molar-refractivity contribution >= 4 is 29.6 Å². The van der Waals surface area contributed by atoms with Gasteiger partial charge in [0.1, 0.15) is 0 Å². The zero-order valence-electron chi connectivity index (χ0n) is 14.5. The molecule has 0 amide bonds. The van der Waals surface area contributed by atoms with Crippen LogP contribution >= 0.6 is 10.7 Å². The van der Waals surface area contributed by atoms with E-state index < -0.39 is 45.7 Å². The van der Waals surface area contributed by atoms with E-state index in [0.717, 1.165) is 6.07 Å². The van der Waals surface area contributed by atoms with Crippen LogP contribution in [0.25, 0.3) is 0 Å². The van der Waals surface area contributed by atoms with Crippen LogP contribution in [-0.2, 0) is 25.1 Å². The molecule has 0 atom stereocenters. The molecule has 150 valence electrons. The Kier molecular flexibility index (Phi) is 7.98. The Morgan fingerprint density at radius 2 is 1.50 bits per heavy atom. The summed E-state index contributed by atoms with van der Waals surface area (Å²) >= 11 is 0. The van der Waals surface area contributed by atoms with Crippen molar-refractivity contribution in [1.29, 1.82) is 0 Å². The molecule has 4 nitrogen and oxygen atoms in total. The Morgan fingerprint density at radius 1 is 1.00 bits per heavy atom. The lowest BCUT2D eigenvalue weighted by Gasteiger charge is -2.21. The fourth-order valence-electron chi connectivity index (χ4n) is 2.63. The predicted molar refractivity (Wildman–Crippen MR) is 94.5 cm³/mol. The Balaban J connectivity index is 3.54. The maximum atomic E-state index is 13.4. The predicted octanol–water partition coefficient (Wildman–Crippen LogP) is 5.16. The highest BCUT2D eigenvalue weighted by atomic mass is 35.7. The van der Waals surface area contributed by atoms with Crippen molar-refractivity contribution in [2.75, 3.05) is 0 Å². The third-order valence-corrected chi connectivity index (χ3v) is 7.71. The van der Waals surface area contributed by atoms with Gasteiger partial charge in [-0.15, -0.1) is 0 Å². The molecule has 0 aromatic heterocycles. The molecule has 0 saturated heterocycles. The number of benzene rings is 1. The molecule has 0 radical (unpaired) electrons. The molecule has 0 spiro atoms. The standard InChI is InChI=1S/C16H22ClF3O4S2/c1-3-5-7-12(8-6-4-2)25(21,22)15-10-9-13(26(17,23)24)11-14(15)16(18,19)20/h9-12H,3-8H2,1-2H3. The van der Waals surface area contributed by atoms with Gasteiger partial charge in [0.15, 0.2) is 9.84 Å². The monoisotopic (exact) mass is 434 g/mol. The molecule has 0 aliphatic carbocycles. The van der Waals surface area contributed by atoms with E-state index in [2.05, 4.69) is 0 Å². The van der Waals surface area contributed by atoms with Crippen molar-refractivity contribution in [3.63, 3.8) is 0 Å². The normalized spacial score (nSPS) is 13.3. The summed E-state index contributed by atoms with van der Waals surface area (Å²) in [5, 5.41) is -0.943. The quantitative estimate of drug-likeness (QED) is 0.503. The molecular formula is C16H22ClF3O4S2. The Hall–Kier alpha value is -0.800. The van der Waals surface area contributed by atoms with Gasteiger partial charge < -0.3 is 0 Å². The highest BCUT2D eigenvalue weighted by Gasteiger charge is 2.40. The second-order valence-corrected chi connectivity index (χ2v) is 10.8. The van der Waals surface area contributed by atoms with Crippen LogP contribution in [0, 0.1) is 0 Å². The van der Waals surface area contributed by atoms with Crippen molar-refractivity contribution in [3.8, 4) is 0 Å². The van der Waals surface area contributed by atoms with Crippen molar-refractivity contribution in [1.82, 2.24) is 0 Å². The van der Waals surface area contributed by atoms with E-state index in [4.69, 9.17) is 10.7 Å². The van der Waals surface area contributed by atoms with Crippen LogP contribution < -0.4 is 0 Å². The van der Waals surface area contributed by atoms with E-state index in [1.54, 1.807) is 0 Å². The molecule has 0 aliphatic rings. The van der Waals surface area contributed by atoms with Gasteiger partial charge >= 0.3 is 6.18 Å². The average Bonchev–Trinajstić information content (AvgIpc) is 2.52. The second kappa shape index (κ2) is 8.93. The van der Waals surface area contributed by atoms with Gasteiger partial charge in [-0.1, -0.05) is 39.5 Å². The van der Waals surface area contributed by atoms with Crippen LogP contribution in [0.3, 0.4) is 0 Å². The van der Waals surface area contributed by atoms with Gasteiger partial charge in [0.25, 0.3) is 9.05 Å². The number of rotatable bonds is 9. The van der Waals surface area contributed by atoms with Gasteiger partial charge in [-0.3, -0.25) is 0 Å². The Morgan fingerprint density at radius 3 is 1.88 bits per heavy atom. The Labute approximate surface area is 157 Å². The molecule has 0 saturated carbocycles. The first-order valence-corrected chi connectivity index (χ1v) is 12.1. The lowest BCUT2D eigenvalue weighted by Crippen LogP contribution is -2.25. The molecule has 0 fully saturated rings. The number of halogens is 4. The summed E-state index contributed by atoms with van der Waals surface area (Å²) in [6, 6.07) is 1.77. The average molecular weight is 435 g/mol. The molecular weight excluding hydrogens is 413 g/mol. The first kappa shape index (κ1) is 23.2. The van der Waals surface area contributed by atoms with Crippen LogP contribution in [0.15, 0.2) is 28.0 Å². The third-order valence-electron chi connectivity index (χ3n) is 4.04. The van der Waals surface area contributed by atoms with Crippen LogP contribution in [0.4, 0.5) is 13.2 Å². The van der Waals surface area contributed by atoms with E-state index in [1.165, 1.54) is 0 Å². The van der Waals surface area contributed by atoms with Crippen molar-refractivity contribution in [3.05, 3.63) is 23.8 Å². The largest absolute Gasteiger partial charge is 0.417 e. The maximum Gasteiger partial charge on any atom is 0.417 e. The van der Waals surface area contributed by atoms with Crippen molar-refractivity contribution in [2.24, 2.45) is 0 Å². The molecule has 1 aromatic rings. The third kappa shape index (κ3) is 5.85. The smallest absolute Gasteiger partial charge is 0.223 e. The summed E-state index contributed by atoms with van der Waals surface area (Å²) in [7, 11) is -3.60. The molecule has 0 unspecified atom stereocenters. The number of sulfone groups is 1. The van der Waals surface area contributed by atoms with Gasteiger partial charge in [-0.25, -0.2) is 16.8 Å². The van der Waals surface area contributed by atoms with Crippen LogP contribution in [0.1, 0.15) is 57.9 Å². The lowest BCUT2D eigenvalue weighted by molar-refractivity contribution is -0.140. The van der Waals surface area contributed by atoms with E-state index in [9.17, 15) is 30.0 Å². The first-order chi connectivity index (χ1) is 11.9. The molecule has 0 aliphatic heterocycles. The lowest BCUT2D eigenvalue weighted by atomic mass is 10.1. The fraction of sp³-hybridized carbons (Fsp3) is 0.625. The first-order valence-electron chi connectivity index (χ1n) is 8.25. The van der Waals surface area contributed by atoms with Crippen LogP contribution in [0.2, 0.25) is 0 Å². The van der Waals surface area contributed by atoms with Gasteiger partial charge in [0, 0.05) is 10.7 Å². The summed E-state index contributed by atoms with van der Waals surface area (Å²) in [6.07, 6.45) is -1.94. The van der Waals surface area contributed by atoms with Gasteiger partial charge in [0.05, 0.1) is 20.6 Å². The molecule has 1 aromatic carbocycles. The second-order valence-electron chi connectivity index (χ2n) is 6.05. The number of unbranched alkanes of at least 4 members (excludes halogenated alkanes) is 2. The number of alkyl halides is 3. The molecule has 26 heavy (non-hydrogen) atoms. The zero-order valence-corrected chi connectivity index (χ0v) is 16.9.